The minimum absolute atomic E-state index is 0.834. The Bertz CT molecular complexity index is 441. The van der Waals surface area contributed by atoms with E-state index in [4.69, 9.17) is 4.74 Å². The molecule has 0 unspecified atom stereocenters. The number of rotatable bonds is 5. The molecular weight excluding hydrogens is 302 g/mol. The van der Waals surface area contributed by atoms with E-state index in [-0.39, 0.29) is 0 Å². The fourth-order valence-corrected chi connectivity index (χ4v) is 3.86. The zero-order valence-electron chi connectivity index (χ0n) is 11.4. The predicted octanol–water partition coefficient (Wildman–Crippen LogP) is 4.05. The van der Waals surface area contributed by atoms with Crippen LogP contribution < -0.4 is 10.1 Å². The molecule has 1 aromatic carbocycles. The minimum Gasteiger partial charge on any atom is -0.493 e. The quantitative estimate of drug-likeness (QED) is 0.825. The maximum Gasteiger partial charge on any atom is 0.127 e. The van der Waals surface area contributed by atoms with Crippen molar-refractivity contribution in [1.29, 1.82) is 0 Å². The molecule has 0 spiro atoms. The van der Waals surface area contributed by atoms with Crippen molar-refractivity contribution in [3.8, 4) is 5.75 Å². The summed E-state index contributed by atoms with van der Waals surface area (Å²) in [5.74, 6) is 2.09. The van der Waals surface area contributed by atoms with Crippen molar-refractivity contribution in [2.75, 3.05) is 13.2 Å². The highest BCUT2D eigenvalue weighted by Gasteiger charge is 2.17. The second-order valence-corrected chi connectivity index (χ2v) is 6.68. The molecule has 0 bridgehead atoms. The zero-order chi connectivity index (χ0) is 13.1. The molecule has 0 aromatic heterocycles. The lowest BCUT2D eigenvalue weighted by molar-refractivity contribution is 0.352. The number of ether oxygens (including phenoxy) is 1. The summed E-state index contributed by atoms with van der Waals surface area (Å²) in [7, 11) is 0. The largest absolute Gasteiger partial charge is 0.493 e. The normalized spacial score (nSPS) is 18.6. The molecule has 1 aliphatic carbocycles. The Labute approximate surface area is 124 Å². The maximum atomic E-state index is 5.75. The van der Waals surface area contributed by atoms with Gasteiger partial charge >= 0.3 is 0 Å². The molecule has 1 saturated carbocycles. The molecule has 3 rings (SSSR count). The second kappa shape index (κ2) is 6.27. The second-order valence-electron chi connectivity index (χ2n) is 5.77. The smallest absolute Gasteiger partial charge is 0.127 e. The van der Waals surface area contributed by atoms with Gasteiger partial charge in [0.2, 0.25) is 0 Å². The van der Waals surface area contributed by atoms with Crippen molar-refractivity contribution in [1.82, 2.24) is 5.32 Å². The molecule has 2 nitrogen and oxygen atoms in total. The Morgan fingerprint density at radius 2 is 2.11 bits per heavy atom. The molecule has 2 aliphatic rings. The fraction of sp³-hybridized carbons (Fsp3) is 0.625. The number of halogens is 1. The highest BCUT2D eigenvalue weighted by Crippen LogP contribution is 2.33. The van der Waals surface area contributed by atoms with Gasteiger partial charge in [-0.05, 0) is 36.6 Å². The first kappa shape index (κ1) is 13.4. The van der Waals surface area contributed by atoms with E-state index in [9.17, 15) is 0 Å². The molecule has 1 heterocycles. The Balaban J connectivity index is 1.52. The van der Waals surface area contributed by atoms with Gasteiger partial charge in [0.15, 0.2) is 0 Å². The molecule has 1 N–H and O–H groups in total. The fourth-order valence-electron chi connectivity index (χ4n) is 3.31. The Kier molecular flexibility index (Phi) is 4.44. The van der Waals surface area contributed by atoms with Gasteiger partial charge in [-0.15, -0.1) is 0 Å². The SMILES string of the molecule is Brc1cc2c(c(CNCCC3CCCC3)c1)OCC2. The van der Waals surface area contributed by atoms with E-state index in [1.54, 1.807) is 0 Å². The molecule has 0 saturated heterocycles. The predicted molar refractivity (Wildman–Crippen MR) is 81.6 cm³/mol. The number of hydrogen-bond donors (Lipinski definition) is 1. The van der Waals surface area contributed by atoms with Crippen LogP contribution >= 0.6 is 15.9 Å². The first-order valence-electron chi connectivity index (χ1n) is 7.48. The number of benzene rings is 1. The lowest BCUT2D eigenvalue weighted by Crippen LogP contribution is -2.17. The van der Waals surface area contributed by atoms with Crippen LogP contribution in [-0.2, 0) is 13.0 Å². The number of nitrogens with one attached hydrogen (secondary N) is 1. The lowest BCUT2D eigenvalue weighted by Gasteiger charge is -2.12. The van der Waals surface area contributed by atoms with Gasteiger partial charge in [-0.25, -0.2) is 0 Å². The summed E-state index contributed by atoms with van der Waals surface area (Å²) in [5.41, 5.74) is 2.65. The summed E-state index contributed by atoms with van der Waals surface area (Å²) in [6, 6.07) is 4.37. The molecule has 104 valence electrons. The van der Waals surface area contributed by atoms with Gasteiger partial charge in [-0.3, -0.25) is 0 Å². The van der Waals surface area contributed by atoms with Gasteiger partial charge in [-0.2, -0.15) is 0 Å². The van der Waals surface area contributed by atoms with Crippen LogP contribution in [0.1, 0.15) is 43.2 Å². The molecular formula is C16H22BrNO. The lowest BCUT2D eigenvalue weighted by atomic mass is 10.0. The molecule has 1 aromatic rings. The highest BCUT2D eigenvalue weighted by molar-refractivity contribution is 9.10. The third-order valence-corrected chi connectivity index (χ3v) is 4.80. The van der Waals surface area contributed by atoms with E-state index in [1.165, 1.54) is 47.7 Å². The van der Waals surface area contributed by atoms with E-state index < -0.39 is 0 Å². The van der Waals surface area contributed by atoms with Crippen molar-refractivity contribution in [2.24, 2.45) is 5.92 Å². The summed E-state index contributed by atoms with van der Waals surface area (Å²) < 4.78 is 6.92. The first-order valence-corrected chi connectivity index (χ1v) is 8.27. The Morgan fingerprint density at radius 1 is 1.26 bits per heavy atom. The number of fused-ring (bicyclic) bond motifs is 1. The van der Waals surface area contributed by atoms with Crippen LogP contribution in [-0.4, -0.2) is 13.2 Å². The summed E-state index contributed by atoms with van der Waals surface area (Å²) in [4.78, 5) is 0. The van der Waals surface area contributed by atoms with Crippen LogP contribution in [0.5, 0.6) is 5.75 Å². The summed E-state index contributed by atoms with van der Waals surface area (Å²) in [6.07, 6.45) is 8.14. The Hall–Kier alpha value is -0.540. The van der Waals surface area contributed by atoms with E-state index >= 15 is 0 Å². The summed E-state index contributed by atoms with van der Waals surface area (Å²) >= 11 is 3.60. The average Bonchev–Trinajstić information content (AvgIpc) is 3.04. The molecule has 0 amide bonds. The van der Waals surface area contributed by atoms with Crippen molar-refractivity contribution >= 4 is 15.9 Å². The van der Waals surface area contributed by atoms with Crippen molar-refractivity contribution in [2.45, 2.75) is 45.1 Å². The van der Waals surface area contributed by atoms with Gasteiger partial charge in [-0.1, -0.05) is 41.6 Å². The molecule has 0 radical (unpaired) electrons. The van der Waals surface area contributed by atoms with Gasteiger partial charge in [0.1, 0.15) is 5.75 Å². The van der Waals surface area contributed by atoms with E-state index in [0.29, 0.717) is 0 Å². The summed E-state index contributed by atoms with van der Waals surface area (Å²) in [5, 5.41) is 3.58. The van der Waals surface area contributed by atoms with E-state index in [0.717, 1.165) is 37.8 Å². The van der Waals surface area contributed by atoms with Crippen molar-refractivity contribution in [3.63, 3.8) is 0 Å². The molecule has 1 aliphatic heterocycles. The van der Waals surface area contributed by atoms with Crippen LogP contribution in [0.3, 0.4) is 0 Å². The average molecular weight is 324 g/mol. The first-order chi connectivity index (χ1) is 9.33. The Morgan fingerprint density at radius 3 is 2.95 bits per heavy atom. The van der Waals surface area contributed by atoms with Crippen molar-refractivity contribution in [3.05, 3.63) is 27.7 Å². The zero-order valence-corrected chi connectivity index (χ0v) is 13.0. The third-order valence-electron chi connectivity index (χ3n) is 4.34. The van der Waals surface area contributed by atoms with Crippen LogP contribution in [0.25, 0.3) is 0 Å². The molecule has 1 fully saturated rings. The van der Waals surface area contributed by atoms with Gasteiger partial charge in [0.05, 0.1) is 6.61 Å². The van der Waals surface area contributed by atoms with Crippen LogP contribution in [0, 0.1) is 5.92 Å². The van der Waals surface area contributed by atoms with Crippen molar-refractivity contribution < 1.29 is 4.74 Å². The van der Waals surface area contributed by atoms with Gasteiger partial charge < -0.3 is 10.1 Å². The van der Waals surface area contributed by atoms with Crippen LogP contribution in [0.15, 0.2) is 16.6 Å². The third kappa shape index (κ3) is 3.32. The van der Waals surface area contributed by atoms with Crippen LogP contribution in [0.4, 0.5) is 0 Å². The van der Waals surface area contributed by atoms with E-state index in [1.807, 2.05) is 0 Å². The molecule has 19 heavy (non-hydrogen) atoms. The topological polar surface area (TPSA) is 21.3 Å². The summed E-state index contributed by atoms with van der Waals surface area (Å²) in [6.45, 7) is 2.89. The number of hydrogen-bond acceptors (Lipinski definition) is 2. The minimum atomic E-state index is 0.834. The van der Waals surface area contributed by atoms with Gasteiger partial charge in [0, 0.05) is 23.0 Å². The highest BCUT2D eigenvalue weighted by atomic mass is 79.9. The standard InChI is InChI=1S/C16H22BrNO/c17-15-9-13-6-8-19-16(13)14(10-15)11-18-7-5-12-3-1-2-4-12/h9-10,12,18H,1-8,11H2. The monoisotopic (exact) mass is 323 g/mol. The molecule has 3 heteroatoms. The maximum absolute atomic E-state index is 5.75. The molecule has 0 atom stereocenters. The van der Waals surface area contributed by atoms with Gasteiger partial charge in [0.25, 0.3) is 0 Å². The van der Waals surface area contributed by atoms with Crippen LogP contribution in [0.2, 0.25) is 0 Å². The van der Waals surface area contributed by atoms with E-state index in [2.05, 4.69) is 33.4 Å².